The van der Waals surface area contributed by atoms with Gasteiger partial charge in [-0.25, -0.2) is 0 Å². The van der Waals surface area contributed by atoms with Gasteiger partial charge in [0.2, 0.25) is 5.78 Å². The Bertz CT molecular complexity index is 835. The summed E-state index contributed by atoms with van der Waals surface area (Å²) in [5.74, 6) is 1.03. The summed E-state index contributed by atoms with van der Waals surface area (Å²) >= 11 is 0. The van der Waals surface area contributed by atoms with Crippen LogP contribution in [0.15, 0.2) is 36.4 Å². The molecule has 3 rings (SSSR count). The normalized spacial score (nSPS) is 18.2. The minimum atomic E-state index is -1.41. The highest BCUT2D eigenvalue weighted by Gasteiger charge is 2.39. The highest BCUT2D eigenvalue weighted by Crippen LogP contribution is 2.41. The Balaban J connectivity index is 1.94. The lowest BCUT2D eigenvalue weighted by Gasteiger charge is -2.31. The number of carbonyl (C=O) groups is 1. The summed E-state index contributed by atoms with van der Waals surface area (Å²) in [6.07, 6.45) is -2.32. The maximum Gasteiger partial charge on any atom is 0.202 e. The zero-order chi connectivity index (χ0) is 20.1. The zero-order valence-corrected chi connectivity index (χ0v) is 15.8. The van der Waals surface area contributed by atoms with Crippen LogP contribution in [-0.2, 0) is 9.47 Å². The molecule has 0 aliphatic carbocycles. The van der Waals surface area contributed by atoms with Crippen molar-refractivity contribution >= 4 is 5.78 Å². The van der Waals surface area contributed by atoms with Crippen molar-refractivity contribution in [3.05, 3.63) is 47.5 Å². The van der Waals surface area contributed by atoms with E-state index in [2.05, 4.69) is 0 Å². The van der Waals surface area contributed by atoms with Gasteiger partial charge in [0.15, 0.2) is 37.3 Å². The second-order valence-corrected chi connectivity index (χ2v) is 5.99. The van der Waals surface area contributed by atoms with Crippen LogP contribution in [0.5, 0.6) is 23.0 Å². The van der Waals surface area contributed by atoms with E-state index in [-0.39, 0.29) is 19.1 Å². The van der Waals surface area contributed by atoms with Crippen molar-refractivity contribution in [1.29, 1.82) is 0 Å². The molecule has 2 atom stereocenters. The van der Waals surface area contributed by atoms with Crippen LogP contribution in [0.1, 0.15) is 22.0 Å². The van der Waals surface area contributed by atoms with Gasteiger partial charge in [0.05, 0.1) is 7.11 Å². The number of aliphatic hydroxyl groups excluding tert-OH is 1. The maximum atomic E-state index is 12.8. The molecule has 2 aromatic carbocycles. The van der Waals surface area contributed by atoms with Crippen LogP contribution in [-0.4, -0.2) is 51.9 Å². The third kappa shape index (κ3) is 3.89. The fraction of sp³-hybridized carbons (Fsp3) is 0.350. The number of hydrogen-bond acceptors (Lipinski definition) is 8. The molecule has 0 radical (unpaired) electrons. The molecule has 8 heteroatoms. The van der Waals surface area contributed by atoms with E-state index in [1.165, 1.54) is 21.3 Å². The minimum Gasteiger partial charge on any atom is -0.493 e. The smallest absolute Gasteiger partial charge is 0.202 e. The summed E-state index contributed by atoms with van der Waals surface area (Å²) in [5, 5.41) is 10.6. The van der Waals surface area contributed by atoms with E-state index in [0.717, 1.165) is 0 Å². The predicted molar refractivity (Wildman–Crippen MR) is 98.2 cm³/mol. The number of fused-ring (bicyclic) bond motifs is 1. The van der Waals surface area contributed by atoms with Crippen molar-refractivity contribution in [2.75, 3.05) is 34.9 Å². The minimum absolute atomic E-state index is 0.0237. The molecule has 0 unspecified atom stereocenters. The number of benzene rings is 2. The van der Waals surface area contributed by atoms with Crippen LogP contribution in [0, 0.1) is 0 Å². The molecule has 1 aliphatic rings. The molecule has 0 amide bonds. The van der Waals surface area contributed by atoms with E-state index < -0.39 is 18.0 Å². The number of hydrogen-bond donors (Lipinski definition) is 1. The first-order valence-corrected chi connectivity index (χ1v) is 8.54. The first kappa shape index (κ1) is 19.9. The lowest BCUT2D eigenvalue weighted by molar-refractivity contribution is 0.0181. The molecule has 1 N–H and O–H groups in total. The summed E-state index contributed by atoms with van der Waals surface area (Å²) in [6.45, 7) is -0.00219. The largest absolute Gasteiger partial charge is 0.493 e. The Hall–Kier alpha value is -2.81. The molecule has 2 aromatic rings. The van der Waals surface area contributed by atoms with E-state index in [9.17, 15) is 9.90 Å². The molecule has 1 aliphatic heterocycles. The number of rotatable bonds is 8. The topological polar surface area (TPSA) is 92.7 Å². The number of ether oxygens (including phenoxy) is 6. The van der Waals surface area contributed by atoms with Crippen molar-refractivity contribution in [3.8, 4) is 23.0 Å². The van der Waals surface area contributed by atoms with Gasteiger partial charge in [-0.3, -0.25) is 4.79 Å². The number of Topliss-reactive ketones (excluding diaryl/α,β-unsaturated/α-hetero) is 1. The summed E-state index contributed by atoms with van der Waals surface area (Å²) in [5.41, 5.74) is 0.745. The lowest BCUT2D eigenvalue weighted by Crippen LogP contribution is -2.36. The van der Waals surface area contributed by atoms with Crippen LogP contribution in [0.4, 0.5) is 0 Å². The summed E-state index contributed by atoms with van der Waals surface area (Å²) in [6, 6.07) is 10.0. The summed E-state index contributed by atoms with van der Waals surface area (Å²) < 4.78 is 31.9. The first-order chi connectivity index (χ1) is 13.6. The van der Waals surface area contributed by atoms with Crippen molar-refractivity contribution in [2.45, 2.75) is 12.2 Å². The van der Waals surface area contributed by atoms with Crippen LogP contribution in [0.25, 0.3) is 0 Å². The van der Waals surface area contributed by atoms with Crippen LogP contribution in [0.2, 0.25) is 0 Å². The SMILES string of the molecule is COCOc1cc([C@@H]2Oc3cccc(OCOC)c3C(=O)[C@H]2O)ccc1OC. The number of methoxy groups -OCH3 is 3. The molecule has 150 valence electrons. The van der Waals surface area contributed by atoms with E-state index in [4.69, 9.17) is 28.4 Å². The quantitative estimate of drug-likeness (QED) is 0.687. The van der Waals surface area contributed by atoms with Crippen LogP contribution >= 0.6 is 0 Å². The van der Waals surface area contributed by atoms with Gasteiger partial charge >= 0.3 is 0 Å². The van der Waals surface area contributed by atoms with Gasteiger partial charge in [-0.05, 0) is 29.8 Å². The molecule has 0 spiro atoms. The van der Waals surface area contributed by atoms with Crippen LogP contribution < -0.4 is 18.9 Å². The Morgan fingerprint density at radius 3 is 2.36 bits per heavy atom. The molecular weight excluding hydrogens is 368 g/mol. The molecule has 0 aromatic heterocycles. The van der Waals surface area contributed by atoms with E-state index in [1.54, 1.807) is 36.4 Å². The van der Waals surface area contributed by atoms with Gasteiger partial charge in [-0.2, -0.15) is 0 Å². The summed E-state index contributed by atoms with van der Waals surface area (Å²) in [7, 11) is 4.50. The molecule has 1 heterocycles. The van der Waals surface area contributed by atoms with Crippen molar-refractivity contribution in [3.63, 3.8) is 0 Å². The van der Waals surface area contributed by atoms with Gasteiger partial charge in [-0.1, -0.05) is 12.1 Å². The fourth-order valence-electron chi connectivity index (χ4n) is 2.94. The maximum absolute atomic E-state index is 12.8. The Morgan fingerprint density at radius 2 is 1.68 bits per heavy atom. The molecule has 28 heavy (non-hydrogen) atoms. The second kappa shape index (κ2) is 8.92. The molecule has 0 saturated heterocycles. The third-order valence-corrected chi connectivity index (χ3v) is 4.22. The monoisotopic (exact) mass is 390 g/mol. The van der Waals surface area contributed by atoms with Crippen LogP contribution in [0.3, 0.4) is 0 Å². The molecule has 0 bridgehead atoms. The average molecular weight is 390 g/mol. The number of ketones is 1. The fourth-order valence-corrected chi connectivity index (χ4v) is 2.94. The van der Waals surface area contributed by atoms with Gasteiger partial charge in [0.25, 0.3) is 0 Å². The average Bonchev–Trinajstić information content (AvgIpc) is 2.72. The first-order valence-electron chi connectivity index (χ1n) is 8.54. The number of aliphatic hydroxyl groups is 1. The molecule has 8 nitrogen and oxygen atoms in total. The van der Waals surface area contributed by atoms with E-state index in [1.807, 2.05) is 0 Å². The molecule has 0 saturated carbocycles. The van der Waals surface area contributed by atoms with E-state index in [0.29, 0.717) is 28.6 Å². The highest BCUT2D eigenvalue weighted by molar-refractivity contribution is 6.05. The van der Waals surface area contributed by atoms with Crippen molar-refractivity contribution in [1.82, 2.24) is 0 Å². The molecule has 0 fully saturated rings. The molecular formula is C20H22O8. The Morgan fingerprint density at radius 1 is 0.964 bits per heavy atom. The summed E-state index contributed by atoms with van der Waals surface area (Å²) in [4.78, 5) is 12.8. The van der Waals surface area contributed by atoms with Gasteiger partial charge in [0, 0.05) is 14.2 Å². The Kier molecular flexibility index (Phi) is 6.35. The second-order valence-electron chi connectivity index (χ2n) is 5.99. The van der Waals surface area contributed by atoms with Crippen molar-refractivity contribution in [2.24, 2.45) is 0 Å². The van der Waals surface area contributed by atoms with Crippen molar-refractivity contribution < 1.29 is 38.3 Å². The van der Waals surface area contributed by atoms with Gasteiger partial charge in [0.1, 0.15) is 17.1 Å². The lowest BCUT2D eigenvalue weighted by atomic mass is 9.93. The van der Waals surface area contributed by atoms with Gasteiger partial charge in [-0.15, -0.1) is 0 Å². The van der Waals surface area contributed by atoms with Gasteiger partial charge < -0.3 is 33.5 Å². The number of carbonyl (C=O) groups excluding carboxylic acids is 1. The highest BCUT2D eigenvalue weighted by atomic mass is 16.7. The van der Waals surface area contributed by atoms with E-state index >= 15 is 0 Å². The zero-order valence-electron chi connectivity index (χ0n) is 15.8. The standard InChI is InChI=1S/C20H22O8/c1-23-10-26-14-5-4-6-15-17(14)18(21)19(22)20(28-15)12-7-8-13(25-3)16(9-12)27-11-24-2/h4-9,19-20,22H,10-11H2,1-3H3/t19-,20+/m1/s1. The third-order valence-electron chi connectivity index (χ3n) is 4.22. The predicted octanol–water partition coefficient (Wildman–Crippen LogP) is 2.34. The Labute approximate surface area is 162 Å².